The van der Waals surface area contributed by atoms with Crippen molar-refractivity contribution in [1.29, 1.82) is 0 Å². The van der Waals surface area contributed by atoms with E-state index in [4.69, 9.17) is 31.0 Å². The van der Waals surface area contributed by atoms with Gasteiger partial charge in [0.1, 0.15) is 16.1 Å². The fraction of sp³-hybridized carbons (Fsp3) is 0.0833. The summed E-state index contributed by atoms with van der Waals surface area (Å²) in [6, 6.07) is 17.8. The van der Waals surface area contributed by atoms with Crippen LogP contribution in [0.4, 0.5) is 11.4 Å². The third-order valence-corrected chi connectivity index (χ3v) is 6.02. The van der Waals surface area contributed by atoms with Crippen molar-refractivity contribution in [2.75, 3.05) is 25.7 Å². The first-order valence-electron chi connectivity index (χ1n) is 10.3. The fourth-order valence-corrected chi connectivity index (χ4v) is 3.57. The summed E-state index contributed by atoms with van der Waals surface area (Å²) in [5.41, 5.74) is 14.9. The number of hydrogen-bond donors (Lipinski definition) is 4. The molecule has 0 aliphatic rings. The van der Waals surface area contributed by atoms with Crippen LogP contribution in [0.25, 0.3) is 11.3 Å². The van der Waals surface area contributed by atoms with Gasteiger partial charge in [-0.05, 0) is 102 Å². The molecule has 2 heterocycles. The van der Waals surface area contributed by atoms with Gasteiger partial charge in [-0.15, -0.1) is 0 Å². The van der Waals surface area contributed by atoms with Crippen LogP contribution in [0.15, 0.2) is 86.6 Å². The lowest BCUT2D eigenvalue weighted by atomic mass is 9.80. The first-order chi connectivity index (χ1) is 17.1. The Kier molecular flexibility index (Phi) is 12.2. The molecule has 0 radical (unpaired) electrons. The lowest BCUT2D eigenvalue weighted by molar-refractivity contribution is 0.414. The number of halogens is 3. The van der Waals surface area contributed by atoms with Crippen LogP contribution in [0.1, 0.15) is 0 Å². The van der Waals surface area contributed by atoms with Gasteiger partial charge in [-0.1, -0.05) is 12.1 Å². The maximum absolute atomic E-state index is 8.70. The number of nitrogens with two attached hydrogens (primary N) is 2. The third-order valence-electron chi connectivity index (χ3n) is 4.49. The average Bonchev–Trinajstić information content (AvgIpc) is 2.87. The van der Waals surface area contributed by atoms with Crippen LogP contribution >= 0.6 is 47.8 Å². The summed E-state index contributed by atoms with van der Waals surface area (Å²) in [6.07, 6.45) is 3.41. The molecule has 0 unspecified atom stereocenters. The number of ether oxygens (including phenoxy) is 2. The highest BCUT2D eigenvalue weighted by Crippen LogP contribution is 2.27. The van der Waals surface area contributed by atoms with Crippen LogP contribution < -0.4 is 26.4 Å². The summed E-state index contributed by atoms with van der Waals surface area (Å²) in [6.45, 7) is 0. The Morgan fingerprint density at radius 1 is 0.722 bits per heavy atom. The monoisotopic (exact) mass is 680 g/mol. The van der Waals surface area contributed by atoms with Crippen LogP contribution in [0.2, 0.25) is 0 Å². The molecule has 188 valence electrons. The van der Waals surface area contributed by atoms with Gasteiger partial charge in [-0.3, -0.25) is 4.98 Å². The predicted molar refractivity (Wildman–Crippen MR) is 155 cm³/mol. The second-order valence-corrected chi connectivity index (χ2v) is 9.58. The van der Waals surface area contributed by atoms with E-state index < -0.39 is 7.12 Å². The number of nitrogens with zero attached hydrogens (tertiary/aromatic N) is 2. The second kappa shape index (κ2) is 14.8. The minimum absolute atomic E-state index is 0.464. The quantitative estimate of drug-likeness (QED) is 0.180. The van der Waals surface area contributed by atoms with E-state index in [9.17, 15) is 0 Å². The average molecular weight is 683 g/mol. The Morgan fingerprint density at radius 3 is 1.61 bits per heavy atom. The molecule has 0 amide bonds. The highest BCUT2D eigenvalue weighted by atomic mass is 79.9. The van der Waals surface area contributed by atoms with E-state index in [0.29, 0.717) is 27.2 Å². The SMILES string of the molecule is COc1ccc(-c2ncc(Br)cc2N)cc1.COc1ccc(B(O)O)cc1.Nc1cc(Br)cnc1Br. The maximum Gasteiger partial charge on any atom is 0.488 e. The van der Waals surface area contributed by atoms with E-state index in [1.165, 1.54) is 0 Å². The van der Waals surface area contributed by atoms with Gasteiger partial charge in [0.25, 0.3) is 0 Å². The van der Waals surface area contributed by atoms with Gasteiger partial charge < -0.3 is 31.0 Å². The van der Waals surface area contributed by atoms with Crippen molar-refractivity contribution in [3.63, 3.8) is 0 Å². The summed E-state index contributed by atoms with van der Waals surface area (Å²) in [4.78, 5) is 8.21. The minimum atomic E-state index is -1.40. The molecule has 4 aromatic rings. The van der Waals surface area contributed by atoms with Crippen molar-refractivity contribution in [3.8, 4) is 22.8 Å². The highest BCUT2D eigenvalue weighted by molar-refractivity contribution is 9.11. The Bertz CT molecular complexity index is 1250. The zero-order chi connectivity index (χ0) is 26.7. The maximum atomic E-state index is 8.70. The standard InChI is InChI=1S/C12H11BrN2O.C7H9BO3.C5H4Br2N2/c1-16-10-4-2-8(3-5-10)12-11(14)6-9(13)7-15-12;1-11-7-4-2-6(3-5-7)8(9)10;6-3-1-4(8)5(7)9-2-3/h2-7H,14H2,1H3;2-5,9-10H,1H3;1-2H,8H2. The van der Waals surface area contributed by atoms with Crippen molar-refractivity contribution >= 4 is 71.7 Å². The van der Waals surface area contributed by atoms with E-state index in [1.807, 2.05) is 30.3 Å². The van der Waals surface area contributed by atoms with E-state index >= 15 is 0 Å². The fourth-order valence-electron chi connectivity index (χ4n) is 2.66. The normalized spacial score (nSPS) is 9.75. The van der Waals surface area contributed by atoms with Crippen molar-refractivity contribution in [2.45, 2.75) is 0 Å². The minimum Gasteiger partial charge on any atom is -0.497 e. The third kappa shape index (κ3) is 9.43. The van der Waals surface area contributed by atoms with Gasteiger partial charge in [0.05, 0.1) is 31.3 Å². The molecule has 0 aliphatic heterocycles. The molecule has 0 saturated heterocycles. The molecule has 0 saturated carbocycles. The number of aromatic nitrogens is 2. The molecular formula is C24H24BBr3N4O4. The summed E-state index contributed by atoms with van der Waals surface area (Å²) in [5.74, 6) is 1.52. The lowest BCUT2D eigenvalue weighted by Crippen LogP contribution is -2.29. The second-order valence-electron chi connectivity index (χ2n) is 7.00. The first-order valence-corrected chi connectivity index (χ1v) is 12.6. The molecule has 0 atom stereocenters. The van der Waals surface area contributed by atoms with Crippen molar-refractivity contribution < 1.29 is 19.5 Å². The Hall–Kier alpha value is -2.64. The Labute approximate surface area is 235 Å². The summed E-state index contributed by atoms with van der Waals surface area (Å²) < 4.78 is 12.4. The van der Waals surface area contributed by atoms with Crippen molar-refractivity contribution in [1.82, 2.24) is 9.97 Å². The predicted octanol–water partition coefficient (Wildman–Crippen LogP) is 4.67. The Morgan fingerprint density at radius 2 is 1.19 bits per heavy atom. The molecule has 2 aromatic heterocycles. The van der Waals surface area contributed by atoms with Gasteiger partial charge in [0, 0.05) is 26.9 Å². The van der Waals surface area contributed by atoms with E-state index in [-0.39, 0.29) is 0 Å². The number of pyridine rings is 2. The van der Waals surface area contributed by atoms with Gasteiger partial charge in [0.15, 0.2) is 0 Å². The highest BCUT2D eigenvalue weighted by Gasteiger charge is 2.09. The zero-order valence-electron chi connectivity index (χ0n) is 19.4. The smallest absolute Gasteiger partial charge is 0.488 e. The van der Waals surface area contributed by atoms with Crippen LogP contribution in [0.3, 0.4) is 0 Å². The number of rotatable bonds is 4. The van der Waals surface area contributed by atoms with E-state index in [0.717, 1.165) is 26.0 Å². The van der Waals surface area contributed by atoms with Gasteiger partial charge >= 0.3 is 7.12 Å². The summed E-state index contributed by atoms with van der Waals surface area (Å²) in [7, 11) is 1.80. The molecule has 2 aromatic carbocycles. The number of anilines is 2. The van der Waals surface area contributed by atoms with Crippen LogP contribution in [0, 0.1) is 0 Å². The lowest BCUT2D eigenvalue weighted by Gasteiger charge is -2.06. The Balaban J connectivity index is 0.000000200. The van der Waals surface area contributed by atoms with Gasteiger partial charge in [-0.25, -0.2) is 4.98 Å². The molecule has 0 spiro atoms. The number of methoxy groups -OCH3 is 2. The topological polar surface area (TPSA) is 137 Å². The summed E-state index contributed by atoms with van der Waals surface area (Å²) in [5, 5.41) is 17.4. The molecule has 0 fully saturated rings. The number of hydrogen-bond acceptors (Lipinski definition) is 8. The number of benzene rings is 2. The molecule has 0 aliphatic carbocycles. The first kappa shape index (κ1) is 29.6. The van der Waals surface area contributed by atoms with Crippen LogP contribution in [0.5, 0.6) is 11.5 Å². The summed E-state index contributed by atoms with van der Waals surface area (Å²) >= 11 is 9.73. The zero-order valence-corrected chi connectivity index (χ0v) is 24.2. The molecule has 12 heteroatoms. The van der Waals surface area contributed by atoms with E-state index in [2.05, 4.69) is 57.8 Å². The molecule has 6 N–H and O–H groups in total. The molecule has 36 heavy (non-hydrogen) atoms. The number of nitrogen functional groups attached to an aromatic ring is 2. The van der Waals surface area contributed by atoms with Crippen LogP contribution in [-0.4, -0.2) is 41.4 Å². The molecule has 8 nitrogen and oxygen atoms in total. The van der Waals surface area contributed by atoms with Gasteiger partial charge in [0.2, 0.25) is 0 Å². The van der Waals surface area contributed by atoms with Gasteiger partial charge in [-0.2, -0.15) is 0 Å². The van der Waals surface area contributed by atoms with Crippen molar-refractivity contribution in [3.05, 3.63) is 86.6 Å². The van der Waals surface area contributed by atoms with Crippen LogP contribution in [-0.2, 0) is 0 Å². The molecule has 4 rings (SSSR count). The largest absolute Gasteiger partial charge is 0.497 e. The molecule has 0 bridgehead atoms. The van der Waals surface area contributed by atoms with Crippen molar-refractivity contribution in [2.24, 2.45) is 0 Å². The van der Waals surface area contributed by atoms with E-state index in [1.54, 1.807) is 56.9 Å². The molecular weight excluding hydrogens is 659 g/mol.